The molecule has 3 aromatic heterocycles. The molecule has 1 saturated heterocycles. The van der Waals surface area contributed by atoms with Crippen LogP contribution in [0.2, 0.25) is 0 Å². The number of hydrogen-bond donors (Lipinski definition) is 1. The second kappa shape index (κ2) is 8.31. The molecule has 1 aliphatic heterocycles. The van der Waals surface area contributed by atoms with Gasteiger partial charge in [-0.2, -0.15) is 0 Å². The predicted molar refractivity (Wildman–Crippen MR) is 119 cm³/mol. The molecule has 0 saturated carbocycles. The molecule has 5 rings (SSSR count). The summed E-state index contributed by atoms with van der Waals surface area (Å²) < 4.78 is 19.1. The number of aromatic nitrogens is 3. The van der Waals surface area contributed by atoms with E-state index in [9.17, 15) is 14.0 Å². The molecule has 1 atom stereocenters. The Hall–Kier alpha value is -3.33. The number of benzene rings is 1. The number of halogens is 1. The van der Waals surface area contributed by atoms with Gasteiger partial charge < -0.3 is 14.3 Å². The van der Waals surface area contributed by atoms with Crippen LogP contribution >= 0.6 is 11.3 Å². The summed E-state index contributed by atoms with van der Waals surface area (Å²) in [5.41, 5.74) is 1.38. The van der Waals surface area contributed by atoms with Gasteiger partial charge in [0, 0.05) is 19.5 Å². The molecule has 7 nitrogen and oxygen atoms in total. The molecule has 1 aliphatic rings. The molecule has 4 aromatic rings. The highest BCUT2D eigenvalue weighted by atomic mass is 32.1. The highest BCUT2D eigenvalue weighted by molar-refractivity contribution is 7.20. The van der Waals surface area contributed by atoms with Gasteiger partial charge in [-0.3, -0.25) is 9.59 Å². The lowest BCUT2D eigenvalue weighted by Gasteiger charge is -2.31. The Morgan fingerprint density at radius 2 is 2.12 bits per heavy atom. The highest BCUT2D eigenvalue weighted by Crippen LogP contribution is 2.32. The number of fused-ring (bicyclic) bond motifs is 1. The fraction of sp³-hybridized carbons (Fsp3) is 0.304. The van der Waals surface area contributed by atoms with Gasteiger partial charge in [0.15, 0.2) is 5.89 Å². The van der Waals surface area contributed by atoms with Crippen molar-refractivity contribution in [3.8, 4) is 0 Å². The molecule has 1 N–H and O–H groups in total. The number of carbonyl (C=O) groups excluding carboxylic acids is 1. The molecule has 0 spiro atoms. The van der Waals surface area contributed by atoms with Crippen molar-refractivity contribution in [3.05, 3.63) is 80.6 Å². The van der Waals surface area contributed by atoms with E-state index < -0.39 is 0 Å². The number of likely N-dealkylation sites (tertiary alicyclic amines) is 1. The number of rotatable bonds is 4. The van der Waals surface area contributed by atoms with Crippen LogP contribution in [0.3, 0.4) is 0 Å². The third kappa shape index (κ3) is 3.84. The minimum atomic E-state index is -0.270. The van der Waals surface area contributed by atoms with Gasteiger partial charge in [0.1, 0.15) is 16.4 Å². The molecular weight excluding hydrogens is 431 g/mol. The van der Waals surface area contributed by atoms with Crippen LogP contribution < -0.4 is 5.56 Å². The standard InChI is InChI=1S/C23H21FN4O3S/c1-13-18-20(29)26-12-27-22(18)32-19(13)23(30)28-8-2-3-15(11-28)21-25-10-17(31-21)9-14-4-6-16(24)7-5-14/h4-7,10,12,15H,2-3,8-9,11H2,1H3,(H,26,27,29)/t15-/m0/s1. The zero-order valence-electron chi connectivity index (χ0n) is 17.4. The van der Waals surface area contributed by atoms with E-state index in [0.717, 1.165) is 18.4 Å². The maximum absolute atomic E-state index is 13.3. The number of hydrogen-bond acceptors (Lipinski definition) is 6. The number of carbonyl (C=O) groups is 1. The normalized spacial score (nSPS) is 16.6. The van der Waals surface area contributed by atoms with Gasteiger partial charge in [-0.25, -0.2) is 14.4 Å². The molecule has 164 valence electrons. The zero-order valence-corrected chi connectivity index (χ0v) is 18.2. The van der Waals surface area contributed by atoms with E-state index >= 15 is 0 Å². The fourth-order valence-electron chi connectivity index (χ4n) is 4.19. The number of oxazole rings is 1. The summed E-state index contributed by atoms with van der Waals surface area (Å²) >= 11 is 1.26. The van der Waals surface area contributed by atoms with Crippen LogP contribution in [0.4, 0.5) is 4.39 Å². The Labute approximate surface area is 186 Å². The van der Waals surface area contributed by atoms with Gasteiger partial charge in [0.05, 0.1) is 28.7 Å². The van der Waals surface area contributed by atoms with Gasteiger partial charge in [-0.1, -0.05) is 12.1 Å². The predicted octanol–water partition coefficient (Wildman–Crippen LogP) is 4.03. The number of piperidine rings is 1. The molecule has 0 unspecified atom stereocenters. The minimum Gasteiger partial charge on any atom is -0.445 e. The van der Waals surface area contributed by atoms with Crippen LogP contribution in [0.15, 0.2) is 46.0 Å². The maximum Gasteiger partial charge on any atom is 0.264 e. The summed E-state index contributed by atoms with van der Waals surface area (Å²) in [5.74, 6) is 0.971. The number of nitrogens with one attached hydrogen (secondary N) is 1. The van der Waals surface area contributed by atoms with E-state index in [-0.39, 0.29) is 23.2 Å². The largest absolute Gasteiger partial charge is 0.445 e. The number of H-pyrrole nitrogens is 1. The average molecular weight is 453 g/mol. The van der Waals surface area contributed by atoms with E-state index in [2.05, 4.69) is 15.0 Å². The van der Waals surface area contributed by atoms with Gasteiger partial charge in [-0.05, 0) is 43.0 Å². The molecule has 32 heavy (non-hydrogen) atoms. The topological polar surface area (TPSA) is 92.1 Å². The number of thiophene rings is 1. The van der Waals surface area contributed by atoms with E-state index in [4.69, 9.17) is 4.42 Å². The van der Waals surface area contributed by atoms with Crippen LogP contribution in [0.5, 0.6) is 0 Å². The fourth-order valence-corrected chi connectivity index (χ4v) is 5.30. The van der Waals surface area contributed by atoms with Crippen LogP contribution in [-0.4, -0.2) is 38.8 Å². The Morgan fingerprint density at radius 3 is 2.91 bits per heavy atom. The van der Waals surface area contributed by atoms with Crippen LogP contribution in [0, 0.1) is 12.7 Å². The monoisotopic (exact) mass is 452 g/mol. The lowest BCUT2D eigenvalue weighted by molar-refractivity contribution is 0.0702. The molecule has 0 bridgehead atoms. The summed E-state index contributed by atoms with van der Waals surface area (Å²) in [6.45, 7) is 2.95. The molecule has 1 aromatic carbocycles. The quantitative estimate of drug-likeness (QED) is 0.505. The van der Waals surface area contributed by atoms with Crippen molar-refractivity contribution in [2.24, 2.45) is 0 Å². The molecular formula is C23H21FN4O3S. The highest BCUT2D eigenvalue weighted by Gasteiger charge is 2.30. The summed E-state index contributed by atoms with van der Waals surface area (Å²) in [5, 5.41) is 0.479. The summed E-state index contributed by atoms with van der Waals surface area (Å²) in [7, 11) is 0. The molecule has 0 radical (unpaired) electrons. The smallest absolute Gasteiger partial charge is 0.264 e. The minimum absolute atomic E-state index is 0.00544. The van der Waals surface area contributed by atoms with Gasteiger partial charge in [-0.15, -0.1) is 11.3 Å². The number of aromatic amines is 1. The number of amides is 1. The molecule has 4 heterocycles. The van der Waals surface area contributed by atoms with Crippen LogP contribution in [0.25, 0.3) is 10.2 Å². The first-order valence-corrected chi connectivity index (χ1v) is 11.3. The Balaban J connectivity index is 1.33. The maximum atomic E-state index is 13.3. The zero-order chi connectivity index (χ0) is 22.2. The van der Waals surface area contributed by atoms with Crippen molar-refractivity contribution in [3.63, 3.8) is 0 Å². The van der Waals surface area contributed by atoms with Gasteiger partial charge >= 0.3 is 0 Å². The van der Waals surface area contributed by atoms with E-state index in [1.165, 1.54) is 29.8 Å². The van der Waals surface area contributed by atoms with Crippen molar-refractivity contribution in [1.29, 1.82) is 0 Å². The van der Waals surface area contributed by atoms with Crippen molar-refractivity contribution in [1.82, 2.24) is 19.9 Å². The Kier molecular flexibility index (Phi) is 5.34. The van der Waals surface area contributed by atoms with Crippen molar-refractivity contribution >= 4 is 27.5 Å². The first-order chi connectivity index (χ1) is 15.5. The van der Waals surface area contributed by atoms with Crippen molar-refractivity contribution in [2.45, 2.75) is 32.1 Å². The lowest BCUT2D eigenvalue weighted by atomic mass is 9.97. The number of aryl methyl sites for hydroxylation is 1. The van der Waals surface area contributed by atoms with E-state index in [1.54, 1.807) is 25.3 Å². The lowest BCUT2D eigenvalue weighted by Crippen LogP contribution is -2.39. The van der Waals surface area contributed by atoms with Gasteiger partial charge in [0.25, 0.3) is 11.5 Å². The molecule has 9 heteroatoms. The first-order valence-electron chi connectivity index (χ1n) is 10.4. The Bertz CT molecular complexity index is 1340. The van der Waals surface area contributed by atoms with E-state index in [1.807, 2.05) is 4.90 Å². The Morgan fingerprint density at radius 1 is 1.31 bits per heavy atom. The SMILES string of the molecule is Cc1c(C(=O)N2CCC[C@H](c3ncc(Cc4ccc(F)cc4)o3)C2)sc2nc[nH]c(=O)c12. The van der Waals surface area contributed by atoms with Crippen LogP contribution in [-0.2, 0) is 6.42 Å². The number of nitrogens with zero attached hydrogens (tertiary/aromatic N) is 3. The van der Waals surface area contributed by atoms with Crippen molar-refractivity contribution in [2.75, 3.05) is 13.1 Å². The average Bonchev–Trinajstić information content (AvgIpc) is 3.40. The second-order valence-corrected chi connectivity index (χ2v) is 9.03. The first kappa shape index (κ1) is 20.6. The third-order valence-electron chi connectivity index (χ3n) is 5.85. The molecule has 1 amide bonds. The summed E-state index contributed by atoms with van der Waals surface area (Å²) in [6, 6.07) is 6.31. The van der Waals surface area contributed by atoms with Crippen LogP contribution in [0.1, 0.15) is 51.2 Å². The molecule has 0 aliphatic carbocycles. The van der Waals surface area contributed by atoms with E-state index in [0.29, 0.717) is 51.8 Å². The summed E-state index contributed by atoms with van der Waals surface area (Å²) in [4.78, 5) is 39.6. The third-order valence-corrected chi connectivity index (χ3v) is 7.04. The summed E-state index contributed by atoms with van der Waals surface area (Å²) in [6.07, 6.45) is 5.32. The van der Waals surface area contributed by atoms with Gasteiger partial charge in [0.2, 0.25) is 0 Å². The van der Waals surface area contributed by atoms with Crippen molar-refractivity contribution < 1.29 is 13.6 Å². The second-order valence-electron chi connectivity index (χ2n) is 8.03. The molecule has 1 fully saturated rings.